The fourth-order valence-corrected chi connectivity index (χ4v) is 6.35. The lowest BCUT2D eigenvalue weighted by Crippen LogP contribution is -2.61. The van der Waals surface area contributed by atoms with E-state index in [1.807, 2.05) is 59.2 Å². The largest absolute Gasteiger partial charge is 0.422 e. The number of aromatic nitrogens is 1. The van der Waals surface area contributed by atoms with Gasteiger partial charge in [0.2, 0.25) is 0 Å². The van der Waals surface area contributed by atoms with Gasteiger partial charge in [-0.05, 0) is 34.7 Å². The van der Waals surface area contributed by atoms with Crippen LogP contribution in [-0.2, 0) is 32.0 Å². The summed E-state index contributed by atoms with van der Waals surface area (Å²) in [5.41, 5.74) is 0.504. The molecule has 0 aliphatic carbocycles. The Hall–Kier alpha value is -3.45. The van der Waals surface area contributed by atoms with Crippen LogP contribution in [0.25, 0.3) is 10.8 Å². The first-order valence-corrected chi connectivity index (χ1v) is 12.6. The Morgan fingerprint density at radius 3 is 2.39 bits per heavy atom. The molecule has 3 aliphatic heterocycles. The fraction of sp³-hybridized carbons (Fsp3) is 0.414. The van der Waals surface area contributed by atoms with Gasteiger partial charge >= 0.3 is 11.9 Å². The van der Waals surface area contributed by atoms with Gasteiger partial charge in [-0.1, -0.05) is 48.5 Å². The molecule has 6 rings (SSSR count). The second kappa shape index (κ2) is 8.30. The highest BCUT2D eigenvalue weighted by molar-refractivity contribution is 6.03. The molecular formula is C29H30N2O5. The highest BCUT2D eigenvalue weighted by atomic mass is 16.7. The summed E-state index contributed by atoms with van der Waals surface area (Å²) in [6.07, 6.45) is 1.20. The number of hydrogen-bond acceptors (Lipinski definition) is 6. The quantitative estimate of drug-likeness (QED) is 0.415. The molecule has 2 aromatic carbocycles. The molecular weight excluding hydrogens is 456 g/mol. The minimum atomic E-state index is -1.47. The van der Waals surface area contributed by atoms with Gasteiger partial charge in [0.05, 0.1) is 0 Å². The second-order valence-corrected chi connectivity index (χ2v) is 11.0. The minimum absolute atomic E-state index is 0.0322. The van der Waals surface area contributed by atoms with Crippen molar-refractivity contribution in [2.24, 2.45) is 11.3 Å². The first-order valence-electron chi connectivity index (χ1n) is 12.6. The summed E-state index contributed by atoms with van der Waals surface area (Å²) >= 11 is 0. The van der Waals surface area contributed by atoms with Gasteiger partial charge in [0, 0.05) is 64.1 Å². The molecule has 0 N–H and O–H groups in total. The zero-order chi connectivity index (χ0) is 25.1. The van der Waals surface area contributed by atoms with E-state index in [2.05, 4.69) is 4.90 Å². The number of likely N-dealkylation sites (tertiary alicyclic amines) is 1. The van der Waals surface area contributed by atoms with Crippen LogP contribution in [0.1, 0.15) is 37.4 Å². The van der Waals surface area contributed by atoms with Gasteiger partial charge in [0.15, 0.2) is 5.41 Å². The molecule has 2 atom stereocenters. The number of ether oxygens (including phenoxy) is 2. The number of carbonyl (C=O) groups is 2. The van der Waals surface area contributed by atoms with Gasteiger partial charge in [0.1, 0.15) is 0 Å². The summed E-state index contributed by atoms with van der Waals surface area (Å²) in [5, 5.41) is 2.06. The topological polar surface area (TPSA) is 77.8 Å². The molecule has 2 fully saturated rings. The zero-order valence-corrected chi connectivity index (χ0v) is 20.6. The number of benzene rings is 2. The van der Waals surface area contributed by atoms with Crippen LogP contribution in [0.3, 0.4) is 0 Å². The van der Waals surface area contributed by atoms with Gasteiger partial charge in [-0.15, -0.1) is 0 Å². The Balaban J connectivity index is 1.37. The van der Waals surface area contributed by atoms with Crippen LogP contribution < -0.4 is 5.56 Å². The van der Waals surface area contributed by atoms with E-state index < -0.39 is 23.1 Å². The number of hydrogen-bond donors (Lipinski definition) is 0. The molecule has 0 amide bonds. The van der Waals surface area contributed by atoms with Gasteiger partial charge in [0.25, 0.3) is 11.3 Å². The predicted octanol–water partition coefficient (Wildman–Crippen LogP) is 3.49. The minimum Gasteiger partial charge on any atom is -0.422 e. The van der Waals surface area contributed by atoms with Gasteiger partial charge < -0.3 is 18.9 Å². The Bertz CT molecular complexity index is 1400. The maximum absolute atomic E-state index is 13.7. The number of piperidine rings is 1. The normalized spacial score (nSPS) is 24.6. The first-order chi connectivity index (χ1) is 17.2. The molecule has 0 unspecified atom stereocenters. The molecule has 0 spiro atoms. The highest BCUT2D eigenvalue weighted by Gasteiger charge is 2.57. The molecule has 1 aromatic heterocycles. The van der Waals surface area contributed by atoms with E-state index in [-0.39, 0.29) is 30.4 Å². The Labute approximate surface area is 209 Å². The third-order valence-electron chi connectivity index (χ3n) is 7.88. The van der Waals surface area contributed by atoms with E-state index in [1.165, 1.54) is 0 Å². The lowest BCUT2D eigenvalue weighted by Gasteiger charge is -2.47. The summed E-state index contributed by atoms with van der Waals surface area (Å²) in [6, 6.07) is 19.4. The monoisotopic (exact) mass is 486 g/mol. The average molecular weight is 487 g/mol. The predicted molar refractivity (Wildman–Crippen MR) is 134 cm³/mol. The molecule has 186 valence electrons. The molecule has 3 aliphatic rings. The summed E-state index contributed by atoms with van der Waals surface area (Å²) in [4.78, 5) is 41.9. The zero-order valence-electron chi connectivity index (χ0n) is 20.6. The van der Waals surface area contributed by atoms with Crippen molar-refractivity contribution in [1.29, 1.82) is 0 Å². The van der Waals surface area contributed by atoms with Gasteiger partial charge in [-0.2, -0.15) is 0 Å². The summed E-state index contributed by atoms with van der Waals surface area (Å²) in [5.74, 6) is -1.92. The van der Waals surface area contributed by atoms with Crippen molar-refractivity contribution in [3.63, 3.8) is 0 Å². The summed E-state index contributed by atoms with van der Waals surface area (Å²) in [7, 11) is 0. The van der Waals surface area contributed by atoms with Crippen LogP contribution in [0, 0.1) is 11.3 Å². The second-order valence-electron chi connectivity index (χ2n) is 11.0. The number of esters is 2. The van der Waals surface area contributed by atoms with Crippen LogP contribution in [0.2, 0.25) is 0 Å². The average Bonchev–Trinajstić information content (AvgIpc) is 2.83. The fourth-order valence-electron chi connectivity index (χ4n) is 6.35. The van der Waals surface area contributed by atoms with Crippen LogP contribution in [0.15, 0.2) is 65.5 Å². The standard InChI is InChI=1S/C29H30N2O5/c1-28(2)35-26(33)29(27(34)36-28,14-21-9-5-8-20-7-3-4-10-23(20)21)18-30-15-19-13-22(17-30)24-11-6-12-25(32)31(24)16-19/h3-12,19,22H,13-18H2,1-2H3/t19-,22-/m0/s1. The number of pyridine rings is 1. The highest BCUT2D eigenvalue weighted by Crippen LogP contribution is 2.41. The number of nitrogens with zero attached hydrogens (tertiary/aromatic N) is 2. The molecule has 36 heavy (non-hydrogen) atoms. The van der Waals surface area contributed by atoms with E-state index in [9.17, 15) is 14.4 Å². The summed E-state index contributed by atoms with van der Waals surface area (Å²) in [6.45, 7) is 5.42. The Kier molecular flexibility index (Phi) is 5.30. The smallest absolute Gasteiger partial charge is 0.328 e. The molecule has 0 saturated carbocycles. The maximum atomic E-state index is 13.7. The third kappa shape index (κ3) is 3.82. The molecule has 2 saturated heterocycles. The molecule has 4 heterocycles. The SMILES string of the molecule is CC1(C)OC(=O)C(Cc2cccc3ccccc23)(CN2C[C@@H]3C[C@@H](C2)c2cccc(=O)n2C3)C(=O)O1. The van der Waals surface area contributed by atoms with Gasteiger partial charge in [-0.25, -0.2) is 0 Å². The van der Waals surface area contributed by atoms with Crippen molar-refractivity contribution < 1.29 is 19.1 Å². The van der Waals surface area contributed by atoms with Crippen LogP contribution >= 0.6 is 0 Å². The number of fused-ring (bicyclic) bond motifs is 5. The molecule has 0 radical (unpaired) electrons. The van der Waals surface area contributed by atoms with Crippen molar-refractivity contribution in [1.82, 2.24) is 9.47 Å². The molecule has 7 heteroatoms. The van der Waals surface area contributed by atoms with Crippen molar-refractivity contribution >= 4 is 22.7 Å². The van der Waals surface area contributed by atoms with E-state index >= 15 is 0 Å². The molecule has 7 nitrogen and oxygen atoms in total. The Morgan fingerprint density at radius 2 is 1.58 bits per heavy atom. The van der Waals surface area contributed by atoms with Crippen molar-refractivity contribution in [3.05, 3.63) is 82.3 Å². The van der Waals surface area contributed by atoms with E-state index in [4.69, 9.17) is 9.47 Å². The number of carbonyl (C=O) groups excluding carboxylic acids is 2. The van der Waals surface area contributed by atoms with Gasteiger partial charge in [-0.3, -0.25) is 14.4 Å². The van der Waals surface area contributed by atoms with Crippen LogP contribution in [0.5, 0.6) is 0 Å². The molecule has 3 aromatic rings. The maximum Gasteiger partial charge on any atom is 0.328 e. The number of cyclic esters (lactones) is 2. The summed E-state index contributed by atoms with van der Waals surface area (Å²) < 4.78 is 13.3. The lowest BCUT2D eigenvalue weighted by molar-refractivity contribution is -0.252. The first kappa shape index (κ1) is 23.0. The van der Waals surface area contributed by atoms with Crippen LogP contribution in [-0.4, -0.2) is 46.8 Å². The lowest BCUT2D eigenvalue weighted by atomic mass is 9.77. The van der Waals surface area contributed by atoms with E-state index in [0.29, 0.717) is 19.6 Å². The Morgan fingerprint density at radius 1 is 0.861 bits per heavy atom. The molecule has 2 bridgehead atoms. The third-order valence-corrected chi connectivity index (χ3v) is 7.88. The van der Waals surface area contributed by atoms with Crippen molar-refractivity contribution in [2.75, 3.05) is 19.6 Å². The number of rotatable bonds is 4. The van der Waals surface area contributed by atoms with E-state index in [1.54, 1.807) is 19.9 Å². The van der Waals surface area contributed by atoms with Crippen molar-refractivity contribution in [3.8, 4) is 0 Å². The van der Waals surface area contributed by atoms with Crippen LogP contribution in [0.4, 0.5) is 0 Å². The van der Waals surface area contributed by atoms with E-state index in [0.717, 1.165) is 28.5 Å². The van der Waals surface area contributed by atoms with Crippen molar-refractivity contribution in [2.45, 2.75) is 44.9 Å².